The summed E-state index contributed by atoms with van der Waals surface area (Å²) in [4.78, 5) is 3.89. The van der Waals surface area contributed by atoms with Crippen molar-refractivity contribution in [2.45, 2.75) is 20.0 Å². The van der Waals surface area contributed by atoms with Crippen molar-refractivity contribution < 1.29 is 24.0 Å². The van der Waals surface area contributed by atoms with Crippen LogP contribution in [0.15, 0.2) is 18.3 Å². The van der Waals surface area contributed by atoms with Gasteiger partial charge in [-0.3, -0.25) is 4.98 Å². The molecule has 3 heteroatoms. The van der Waals surface area contributed by atoms with Crippen molar-refractivity contribution in [2.75, 3.05) is 0 Å². The molecule has 1 heterocycles. The second kappa shape index (κ2) is 5.37. The van der Waals surface area contributed by atoms with E-state index in [0.29, 0.717) is 5.69 Å². The molecule has 54 valence electrons. The van der Waals surface area contributed by atoms with E-state index in [0.717, 1.165) is 6.42 Å². The minimum absolute atomic E-state index is 0. The maximum Gasteiger partial charge on any atom is 1.00 e. The number of aromatic nitrogens is 1. The van der Waals surface area contributed by atoms with Crippen molar-refractivity contribution >= 4 is 0 Å². The minimum atomic E-state index is -0.214. The van der Waals surface area contributed by atoms with Gasteiger partial charge in [0.05, 0.1) is 0 Å². The Bertz CT molecular complexity index is 196. The van der Waals surface area contributed by atoms with E-state index in [1.807, 2.05) is 12.1 Å². The topological polar surface area (TPSA) is 36.0 Å². The average molecular weight is 143 g/mol. The van der Waals surface area contributed by atoms with Crippen LogP contribution in [0.4, 0.5) is 0 Å². The Morgan fingerprint density at radius 3 is 2.82 bits per heavy atom. The zero-order valence-electron chi connectivity index (χ0n) is 7.00. The van der Waals surface area contributed by atoms with Gasteiger partial charge in [0.15, 0.2) is 0 Å². The second-order valence-corrected chi connectivity index (χ2v) is 2.15. The largest absolute Gasteiger partial charge is 1.00 e. The third kappa shape index (κ3) is 3.07. The van der Waals surface area contributed by atoms with E-state index in [4.69, 9.17) is 0 Å². The van der Waals surface area contributed by atoms with Crippen molar-refractivity contribution in [2.24, 2.45) is 0 Å². The summed E-state index contributed by atoms with van der Waals surface area (Å²) in [5.74, 6) is 0. The number of rotatable bonds is 2. The summed E-state index contributed by atoms with van der Waals surface area (Å²) in [6.07, 6.45) is 2.65. The Morgan fingerprint density at radius 2 is 2.27 bits per heavy atom. The Balaban J connectivity index is 0.000001000. The van der Waals surface area contributed by atoms with Gasteiger partial charge in [-0.1, -0.05) is 13.5 Å². The average Bonchev–Trinajstić information content (AvgIpc) is 2.05. The predicted octanol–water partition coefficient (Wildman–Crippen LogP) is -2.49. The Labute approximate surface area is 78.8 Å². The van der Waals surface area contributed by atoms with Crippen LogP contribution in [0.3, 0.4) is 0 Å². The summed E-state index contributed by atoms with van der Waals surface area (Å²) in [6.45, 7) is 1.84. The van der Waals surface area contributed by atoms with E-state index in [-0.39, 0.29) is 25.5 Å². The number of hydrogen-bond acceptors (Lipinski definition) is 2. The summed E-state index contributed by atoms with van der Waals surface area (Å²) in [5, 5.41) is 10.3. The first-order valence-electron chi connectivity index (χ1n) is 3.38. The van der Waals surface area contributed by atoms with E-state index in [9.17, 15) is 5.11 Å². The van der Waals surface area contributed by atoms with Crippen molar-refractivity contribution in [3.63, 3.8) is 0 Å². The van der Waals surface area contributed by atoms with Crippen LogP contribution in [-0.2, 0) is 13.0 Å². The molecule has 0 unspecified atom stereocenters. The van der Waals surface area contributed by atoms with Crippen LogP contribution in [0.25, 0.3) is 0 Å². The summed E-state index contributed by atoms with van der Waals surface area (Å²) in [7, 11) is 0. The molecule has 11 heavy (non-hydrogen) atoms. The van der Waals surface area contributed by atoms with Crippen molar-refractivity contribution in [3.8, 4) is 0 Å². The summed E-state index contributed by atoms with van der Waals surface area (Å²) in [6, 6.07) is 3.78. The van der Waals surface area contributed by atoms with Gasteiger partial charge < -0.3 is 5.11 Å². The van der Waals surface area contributed by atoms with Crippen LogP contribution in [0.2, 0.25) is 0 Å². The fourth-order valence-electron chi connectivity index (χ4n) is 0.827. The van der Waals surface area contributed by atoms with Crippen molar-refractivity contribution in [1.82, 2.24) is 4.98 Å². The second-order valence-electron chi connectivity index (χ2n) is 2.15. The molecule has 0 bridgehead atoms. The molecule has 0 aliphatic rings. The van der Waals surface area contributed by atoms with Crippen LogP contribution in [0, 0.1) is 0 Å². The quantitative estimate of drug-likeness (QED) is 0.429. The summed E-state index contributed by atoms with van der Waals surface area (Å²) < 4.78 is 0. The van der Waals surface area contributed by atoms with Gasteiger partial charge in [-0.2, -0.15) is 0 Å². The van der Waals surface area contributed by atoms with Gasteiger partial charge >= 0.3 is 18.9 Å². The normalized spacial score (nSPS) is 8.91. The van der Waals surface area contributed by atoms with Gasteiger partial charge in [0.2, 0.25) is 0 Å². The molecule has 0 spiro atoms. The fourth-order valence-corrected chi connectivity index (χ4v) is 0.827. The molecule has 1 rings (SSSR count). The number of pyridine rings is 1. The Kier molecular flexibility index (Phi) is 5.23. The molecule has 0 amide bonds. The van der Waals surface area contributed by atoms with E-state index in [2.05, 4.69) is 11.9 Å². The number of aryl methyl sites for hydroxylation is 1. The minimum Gasteiger partial charge on any atom is -0.850 e. The van der Waals surface area contributed by atoms with Crippen molar-refractivity contribution in [1.29, 1.82) is 0 Å². The molecular weight excluding hydrogens is 133 g/mol. The molecule has 0 atom stereocenters. The third-order valence-corrected chi connectivity index (χ3v) is 1.44. The third-order valence-electron chi connectivity index (χ3n) is 1.44. The van der Waals surface area contributed by atoms with Crippen LogP contribution < -0.4 is 24.0 Å². The molecule has 1 aromatic rings. The van der Waals surface area contributed by atoms with E-state index >= 15 is 0 Å². The molecule has 0 radical (unpaired) electrons. The first kappa shape index (κ1) is 10.7. The van der Waals surface area contributed by atoms with Crippen molar-refractivity contribution in [3.05, 3.63) is 29.6 Å². The molecule has 1 aromatic heterocycles. The van der Waals surface area contributed by atoms with E-state index in [1.165, 1.54) is 5.56 Å². The van der Waals surface area contributed by atoms with Crippen LogP contribution in [-0.4, -0.2) is 4.98 Å². The molecule has 2 nitrogen and oxygen atoms in total. The maximum atomic E-state index is 10.3. The molecule has 0 saturated heterocycles. The van der Waals surface area contributed by atoms with Gasteiger partial charge in [-0.05, 0) is 24.1 Å². The van der Waals surface area contributed by atoms with E-state index in [1.54, 1.807) is 6.20 Å². The standard InChI is InChI=1S/C8H10NO.Li/c1-2-7-3-4-9-8(5-7)6-10;/h3-5H,2,6H2,1H3;/q-1;+1. The molecule has 0 aromatic carbocycles. The number of nitrogens with zero attached hydrogens (tertiary/aromatic N) is 1. The van der Waals surface area contributed by atoms with Gasteiger partial charge in [0.25, 0.3) is 0 Å². The molecule has 0 aliphatic carbocycles. The fraction of sp³-hybridized carbons (Fsp3) is 0.375. The summed E-state index contributed by atoms with van der Waals surface area (Å²) in [5.41, 5.74) is 1.82. The molecule has 0 aliphatic heterocycles. The van der Waals surface area contributed by atoms with Crippen LogP contribution in [0.5, 0.6) is 0 Å². The number of hydrogen-bond donors (Lipinski definition) is 0. The molecule has 0 fully saturated rings. The van der Waals surface area contributed by atoms with Gasteiger partial charge in [0.1, 0.15) is 0 Å². The van der Waals surface area contributed by atoms with E-state index < -0.39 is 0 Å². The zero-order valence-corrected chi connectivity index (χ0v) is 7.00. The SMILES string of the molecule is CCc1ccnc(C[O-])c1.[Li+]. The maximum absolute atomic E-state index is 10.3. The van der Waals surface area contributed by atoms with Gasteiger partial charge in [-0.25, -0.2) is 0 Å². The smallest absolute Gasteiger partial charge is 0.850 e. The Hall–Kier alpha value is -0.293. The summed E-state index contributed by atoms with van der Waals surface area (Å²) >= 11 is 0. The molecule has 0 N–H and O–H groups in total. The van der Waals surface area contributed by atoms with Crippen LogP contribution >= 0.6 is 0 Å². The van der Waals surface area contributed by atoms with Crippen LogP contribution in [0.1, 0.15) is 18.2 Å². The zero-order chi connectivity index (χ0) is 7.40. The predicted molar refractivity (Wildman–Crippen MR) is 37.3 cm³/mol. The monoisotopic (exact) mass is 143 g/mol. The van der Waals surface area contributed by atoms with Gasteiger partial charge in [0, 0.05) is 11.9 Å². The Morgan fingerprint density at radius 1 is 1.55 bits per heavy atom. The first-order valence-corrected chi connectivity index (χ1v) is 3.38. The molecule has 0 saturated carbocycles. The van der Waals surface area contributed by atoms with Gasteiger partial charge in [-0.15, -0.1) is 0 Å². The first-order chi connectivity index (χ1) is 4.86. The molecular formula is C8H10LiNO.